The molecule has 158 valence electrons. The molecule has 3 rings (SSSR count). The molecule has 6 heteroatoms. The average Bonchev–Trinajstić information content (AvgIpc) is 3.36. The van der Waals surface area contributed by atoms with Gasteiger partial charge in [-0.2, -0.15) is 0 Å². The van der Waals surface area contributed by atoms with Crippen molar-refractivity contribution in [2.45, 2.75) is 52.0 Å². The van der Waals surface area contributed by atoms with Crippen molar-refractivity contribution in [2.75, 3.05) is 33.9 Å². The van der Waals surface area contributed by atoms with Gasteiger partial charge in [0.25, 0.3) is 0 Å². The first kappa shape index (κ1) is 21.4. The summed E-state index contributed by atoms with van der Waals surface area (Å²) in [5, 5.41) is 4.13. The summed E-state index contributed by atoms with van der Waals surface area (Å²) in [6.07, 6.45) is 6.80. The van der Waals surface area contributed by atoms with Gasteiger partial charge in [0.05, 0.1) is 18.8 Å². The van der Waals surface area contributed by atoms with E-state index in [0.717, 1.165) is 67.6 Å². The summed E-state index contributed by atoms with van der Waals surface area (Å²) in [6, 6.07) is 8.00. The molecular weight excluding hydrogens is 366 g/mol. The zero-order valence-corrected chi connectivity index (χ0v) is 17.9. The molecule has 6 nitrogen and oxygen atoms in total. The van der Waals surface area contributed by atoms with E-state index in [1.807, 2.05) is 31.2 Å². The van der Waals surface area contributed by atoms with E-state index >= 15 is 0 Å². The molecule has 1 aliphatic rings. The number of hydrogen-bond acceptors (Lipinski definition) is 6. The molecule has 0 bridgehead atoms. The van der Waals surface area contributed by atoms with Gasteiger partial charge in [-0.15, -0.1) is 0 Å². The van der Waals surface area contributed by atoms with E-state index in [9.17, 15) is 0 Å². The fourth-order valence-electron chi connectivity index (χ4n) is 3.46. The lowest BCUT2D eigenvalue weighted by molar-refractivity contribution is 0.304. The Morgan fingerprint density at radius 1 is 1.03 bits per heavy atom. The molecular formula is C23H33N3O3. The summed E-state index contributed by atoms with van der Waals surface area (Å²) in [4.78, 5) is 6.49. The van der Waals surface area contributed by atoms with Crippen LogP contribution in [0.4, 0.5) is 0 Å². The first-order chi connectivity index (χ1) is 14.1. The van der Waals surface area contributed by atoms with Crippen LogP contribution in [0.1, 0.15) is 54.7 Å². The Bertz CT molecular complexity index is 781. The van der Waals surface area contributed by atoms with Crippen molar-refractivity contribution in [1.82, 2.24) is 10.1 Å². The van der Waals surface area contributed by atoms with Crippen molar-refractivity contribution >= 4 is 5.90 Å². The number of unbranched alkanes of at least 4 members (excludes halogenated alkanes) is 4. The molecule has 0 saturated heterocycles. The molecule has 2 heterocycles. The number of aryl methyl sites for hydroxylation is 2. The molecule has 0 aliphatic carbocycles. The van der Waals surface area contributed by atoms with Gasteiger partial charge in [-0.1, -0.05) is 24.4 Å². The van der Waals surface area contributed by atoms with Crippen LogP contribution in [0.3, 0.4) is 0 Å². The molecule has 0 saturated carbocycles. The second-order valence-electron chi connectivity index (χ2n) is 7.83. The van der Waals surface area contributed by atoms with E-state index in [-0.39, 0.29) is 0 Å². The van der Waals surface area contributed by atoms with Gasteiger partial charge in [0.1, 0.15) is 18.1 Å². The summed E-state index contributed by atoms with van der Waals surface area (Å²) in [5.41, 5.74) is 3.29. The Balaban J connectivity index is 1.26. The molecule has 0 amide bonds. The predicted octanol–water partition coefficient (Wildman–Crippen LogP) is 4.39. The fourth-order valence-corrected chi connectivity index (χ4v) is 3.46. The Kier molecular flexibility index (Phi) is 8.11. The monoisotopic (exact) mass is 399 g/mol. The first-order valence-corrected chi connectivity index (χ1v) is 10.6. The van der Waals surface area contributed by atoms with Crippen molar-refractivity contribution in [1.29, 1.82) is 0 Å². The molecule has 1 aromatic carbocycles. The van der Waals surface area contributed by atoms with Crippen molar-refractivity contribution < 1.29 is 14.0 Å². The number of aliphatic imine (C=N–C) groups is 1. The Hall–Kier alpha value is -2.34. The highest BCUT2D eigenvalue weighted by atomic mass is 16.5. The minimum atomic E-state index is 0.683. The zero-order valence-electron chi connectivity index (χ0n) is 17.9. The van der Waals surface area contributed by atoms with Crippen molar-refractivity contribution in [2.24, 2.45) is 4.99 Å². The highest BCUT2D eigenvalue weighted by molar-refractivity contribution is 5.94. The van der Waals surface area contributed by atoms with Gasteiger partial charge in [-0.05, 0) is 58.1 Å². The normalized spacial score (nSPS) is 13.6. The molecule has 0 N–H and O–H groups in total. The minimum absolute atomic E-state index is 0.683. The number of aromatic nitrogens is 1. The first-order valence-electron chi connectivity index (χ1n) is 10.6. The third-order valence-corrected chi connectivity index (χ3v) is 5.04. The highest BCUT2D eigenvalue weighted by Crippen LogP contribution is 2.19. The Morgan fingerprint density at radius 2 is 1.79 bits per heavy atom. The van der Waals surface area contributed by atoms with Gasteiger partial charge in [-0.25, -0.2) is 4.99 Å². The maximum atomic E-state index is 5.85. The molecule has 29 heavy (non-hydrogen) atoms. The van der Waals surface area contributed by atoms with Crippen molar-refractivity contribution in [3.63, 3.8) is 0 Å². The molecule has 2 aromatic rings. The summed E-state index contributed by atoms with van der Waals surface area (Å²) in [7, 11) is 4.15. The maximum absolute atomic E-state index is 5.85. The fraction of sp³-hybridized carbons (Fsp3) is 0.565. The van der Waals surface area contributed by atoms with Crippen molar-refractivity contribution in [3.05, 3.63) is 46.8 Å². The number of ether oxygens (including phenoxy) is 2. The molecule has 0 radical (unpaired) electrons. The van der Waals surface area contributed by atoms with E-state index in [1.54, 1.807) is 0 Å². The predicted molar refractivity (Wildman–Crippen MR) is 115 cm³/mol. The van der Waals surface area contributed by atoms with Crippen LogP contribution < -0.4 is 4.74 Å². The van der Waals surface area contributed by atoms with E-state index < -0.39 is 0 Å². The standard InChI is InChI=1S/C23H33N3O3/c1-18-21(17-26(2)3)22(29-25-18)9-7-5-4-6-8-15-27-20-12-10-19(11-13-20)23-24-14-16-28-23/h10-13H,4-9,14-17H2,1-3H3. The quantitative estimate of drug-likeness (QED) is 0.495. The summed E-state index contributed by atoms with van der Waals surface area (Å²) >= 11 is 0. The van der Waals surface area contributed by atoms with Crippen LogP contribution in [0.5, 0.6) is 5.75 Å². The second-order valence-corrected chi connectivity index (χ2v) is 7.83. The smallest absolute Gasteiger partial charge is 0.216 e. The van der Waals surface area contributed by atoms with E-state index in [4.69, 9.17) is 14.0 Å². The number of hydrogen-bond donors (Lipinski definition) is 0. The maximum Gasteiger partial charge on any atom is 0.216 e. The van der Waals surface area contributed by atoms with Gasteiger partial charge in [0.15, 0.2) is 0 Å². The van der Waals surface area contributed by atoms with Crippen LogP contribution in [-0.4, -0.2) is 49.8 Å². The topological polar surface area (TPSA) is 60.1 Å². The van der Waals surface area contributed by atoms with Gasteiger partial charge >= 0.3 is 0 Å². The molecule has 0 unspecified atom stereocenters. The largest absolute Gasteiger partial charge is 0.494 e. The third kappa shape index (κ3) is 6.60. The molecule has 0 spiro atoms. The lowest BCUT2D eigenvalue weighted by Gasteiger charge is -2.09. The zero-order chi connectivity index (χ0) is 20.5. The van der Waals surface area contributed by atoms with Crippen LogP contribution in [0.25, 0.3) is 0 Å². The summed E-state index contributed by atoms with van der Waals surface area (Å²) < 4.78 is 16.8. The lowest BCUT2D eigenvalue weighted by Crippen LogP contribution is -2.12. The van der Waals surface area contributed by atoms with Crippen LogP contribution in [0.15, 0.2) is 33.8 Å². The van der Waals surface area contributed by atoms with Gasteiger partial charge in [0, 0.05) is 24.1 Å². The van der Waals surface area contributed by atoms with E-state index in [0.29, 0.717) is 6.61 Å². The number of benzene rings is 1. The number of rotatable bonds is 12. The minimum Gasteiger partial charge on any atom is -0.494 e. The lowest BCUT2D eigenvalue weighted by atomic mass is 10.1. The van der Waals surface area contributed by atoms with Crippen LogP contribution in [-0.2, 0) is 17.7 Å². The second kappa shape index (κ2) is 11.0. The summed E-state index contributed by atoms with van der Waals surface area (Å²) in [5.74, 6) is 2.70. The van der Waals surface area contributed by atoms with E-state index in [2.05, 4.69) is 29.1 Å². The number of nitrogens with zero attached hydrogens (tertiary/aromatic N) is 3. The summed E-state index contributed by atoms with van der Waals surface area (Å²) in [6.45, 7) is 5.11. The SMILES string of the molecule is Cc1noc(CCCCCCCOc2ccc(C3=NCCO3)cc2)c1CN(C)C. The van der Waals surface area contributed by atoms with Crippen LogP contribution in [0, 0.1) is 6.92 Å². The average molecular weight is 400 g/mol. The van der Waals surface area contributed by atoms with Gasteiger partial charge < -0.3 is 18.9 Å². The van der Waals surface area contributed by atoms with Gasteiger partial charge in [0.2, 0.25) is 5.90 Å². The molecule has 0 atom stereocenters. The van der Waals surface area contributed by atoms with E-state index in [1.165, 1.54) is 24.8 Å². The third-order valence-electron chi connectivity index (χ3n) is 5.04. The van der Waals surface area contributed by atoms with Gasteiger partial charge in [-0.3, -0.25) is 0 Å². The Labute approximate surface area is 173 Å². The molecule has 0 fully saturated rings. The molecule has 1 aliphatic heterocycles. The molecule has 1 aromatic heterocycles. The van der Waals surface area contributed by atoms with Crippen LogP contribution in [0.2, 0.25) is 0 Å². The Morgan fingerprint density at radius 3 is 2.52 bits per heavy atom. The highest BCUT2D eigenvalue weighted by Gasteiger charge is 2.13. The van der Waals surface area contributed by atoms with Crippen molar-refractivity contribution in [3.8, 4) is 5.75 Å². The van der Waals surface area contributed by atoms with Crippen LogP contribution >= 0.6 is 0 Å².